The van der Waals surface area contributed by atoms with E-state index in [1.807, 2.05) is 0 Å². The lowest BCUT2D eigenvalue weighted by atomic mass is 9.92. The van der Waals surface area contributed by atoms with Crippen LogP contribution in [0.2, 0.25) is 0 Å². The number of carbonyl (C=O) groups excluding carboxylic acids is 3. The van der Waals surface area contributed by atoms with Crippen molar-refractivity contribution in [1.82, 2.24) is 14.6 Å². The Labute approximate surface area is 189 Å². The molecule has 1 saturated heterocycles. The van der Waals surface area contributed by atoms with Crippen LogP contribution in [-0.2, 0) is 38.9 Å². The molecule has 0 saturated carbocycles. The summed E-state index contributed by atoms with van der Waals surface area (Å²) in [4.78, 5) is 40.2. The van der Waals surface area contributed by atoms with Gasteiger partial charge in [-0.05, 0) is 12.1 Å². The molecule has 2 aromatic heterocycles. The van der Waals surface area contributed by atoms with Crippen molar-refractivity contribution in [3.63, 3.8) is 0 Å². The minimum atomic E-state index is -1.94. The fourth-order valence-electron chi connectivity index (χ4n) is 3.54. The summed E-state index contributed by atoms with van der Waals surface area (Å²) in [6, 6.07) is 5.19. The summed E-state index contributed by atoms with van der Waals surface area (Å²) in [6.45, 7) is 4.47. The summed E-state index contributed by atoms with van der Waals surface area (Å²) in [5.74, 6) is -1.59. The second kappa shape index (κ2) is 9.83. The van der Waals surface area contributed by atoms with Crippen LogP contribution >= 0.6 is 0 Å². The van der Waals surface area contributed by atoms with Gasteiger partial charge in [0, 0.05) is 19.3 Å². The number of esters is 3. The Bertz CT molecular complexity index is 1090. The standard InChI is InChI=1S/C21H25N5O7/c1-4-15(27)30-9-13-18(31-16(28)5-2)19(32-17(29)6-3)21(10-22,33-13)14-8-7-12-20(23)24-11-25-26(12)14/h7-8,11,13,18-19H,4-6,9H2,1-3H3,(H2,23,24,25)/t13-,18-,19-,21+/m1/s1. The molecule has 3 rings (SSSR count). The van der Waals surface area contributed by atoms with Gasteiger partial charge in [0.1, 0.15) is 30.6 Å². The number of nitrogen functional groups attached to an aromatic ring is 1. The zero-order valence-electron chi connectivity index (χ0n) is 18.5. The maximum atomic E-state index is 12.3. The molecule has 0 radical (unpaired) electrons. The first-order valence-electron chi connectivity index (χ1n) is 10.5. The third kappa shape index (κ3) is 4.45. The Balaban J connectivity index is 2.15. The number of anilines is 1. The normalized spacial score (nSPS) is 24.2. The number of hydrogen-bond donors (Lipinski definition) is 1. The molecule has 0 aromatic carbocycles. The van der Waals surface area contributed by atoms with Gasteiger partial charge < -0.3 is 24.7 Å². The smallest absolute Gasteiger partial charge is 0.306 e. The number of nitrogens with zero attached hydrogens (tertiary/aromatic N) is 4. The Kier molecular flexibility index (Phi) is 7.13. The van der Waals surface area contributed by atoms with Crippen molar-refractivity contribution in [2.45, 2.75) is 63.9 Å². The van der Waals surface area contributed by atoms with Gasteiger partial charge in [-0.2, -0.15) is 10.4 Å². The SMILES string of the molecule is CCC(=O)OC[C@H]1O[C@@](C#N)(c2ccc3c(N)ncnn23)[C@H](OC(=O)CC)[C@@H]1OC(=O)CC. The molecular formula is C21H25N5O7. The fourth-order valence-corrected chi connectivity index (χ4v) is 3.54. The summed E-state index contributed by atoms with van der Waals surface area (Å²) in [7, 11) is 0. The molecule has 12 nitrogen and oxygen atoms in total. The topological polar surface area (TPSA) is 168 Å². The molecular weight excluding hydrogens is 434 g/mol. The van der Waals surface area contributed by atoms with Crippen molar-refractivity contribution >= 4 is 29.2 Å². The average molecular weight is 459 g/mol. The number of nitrogens with two attached hydrogens (primary N) is 1. The van der Waals surface area contributed by atoms with Gasteiger partial charge in [-0.25, -0.2) is 9.50 Å². The van der Waals surface area contributed by atoms with Gasteiger partial charge >= 0.3 is 17.9 Å². The molecule has 176 valence electrons. The lowest BCUT2D eigenvalue weighted by molar-refractivity contribution is -0.169. The first-order chi connectivity index (χ1) is 15.8. The summed E-state index contributed by atoms with van der Waals surface area (Å²) < 4.78 is 23.8. The summed E-state index contributed by atoms with van der Waals surface area (Å²) in [5, 5.41) is 14.5. The molecule has 0 bridgehead atoms. The molecule has 3 heterocycles. The molecule has 0 spiro atoms. The van der Waals surface area contributed by atoms with Crippen LogP contribution in [0.5, 0.6) is 0 Å². The number of fused-ring (bicyclic) bond motifs is 1. The van der Waals surface area contributed by atoms with Gasteiger partial charge in [-0.3, -0.25) is 14.4 Å². The van der Waals surface area contributed by atoms with Gasteiger partial charge in [0.2, 0.25) is 5.60 Å². The average Bonchev–Trinajstić information content (AvgIpc) is 3.38. The quantitative estimate of drug-likeness (QED) is 0.442. The van der Waals surface area contributed by atoms with Crippen molar-refractivity contribution in [2.75, 3.05) is 12.3 Å². The first kappa shape index (κ1) is 23.9. The van der Waals surface area contributed by atoms with E-state index in [0.29, 0.717) is 5.52 Å². The highest BCUT2D eigenvalue weighted by atomic mass is 16.7. The Morgan fingerprint density at radius 1 is 1.15 bits per heavy atom. The van der Waals surface area contributed by atoms with Gasteiger partial charge in [0.15, 0.2) is 18.0 Å². The number of hydrogen-bond acceptors (Lipinski definition) is 11. The molecule has 12 heteroatoms. The molecule has 0 aliphatic carbocycles. The maximum absolute atomic E-state index is 12.3. The summed E-state index contributed by atoms with van der Waals surface area (Å²) in [5.41, 5.74) is 4.55. The molecule has 4 atom stereocenters. The highest BCUT2D eigenvalue weighted by Crippen LogP contribution is 2.43. The predicted octanol–water partition coefficient (Wildman–Crippen LogP) is 1.03. The highest BCUT2D eigenvalue weighted by Gasteiger charge is 2.62. The second-order valence-electron chi connectivity index (χ2n) is 7.27. The van der Waals surface area contributed by atoms with Crippen molar-refractivity contribution in [3.8, 4) is 6.07 Å². The summed E-state index contributed by atoms with van der Waals surface area (Å²) in [6.07, 6.45) is -2.32. The van der Waals surface area contributed by atoms with E-state index in [1.54, 1.807) is 26.8 Å². The van der Waals surface area contributed by atoms with E-state index in [9.17, 15) is 19.6 Å². The third-order valence-electron chi connectivity index (χ3n) is 5.23. The van der Waals surface area contributed by atoms with E-state index >= 15 is 0 Å². The van der Waals surface area contributed by atoms with Gasteiger partial charge in [0.25, 0.3) is 0 Å². The molecule has 1 fully saturated rings. The predicted molar refractivity (Wildman–Crippen MR) is 111 cm³/mol. The largest absolute Gasteiger partial charge is 0.463 e. The van der Waals surface area contributed by atoms with E-state index in [4.69, 9.17) is 24.7 Å². The molecule has 2 N–H and O–H groups in total. The Morgan fingerprint density at radius 2 is 1.82 bits per heavy atom. The van der Waals surface area contributed by atoms with E-state index in [-0.39, 0.29) is 37.4 Å². The number of ether oxygens (including phenoxy) is 4. The first-order valence-corrected chi connectivity index (χ1v) is 10.5. The Morgan fingerprint density at radius 3 is 2.45 bits per heavy atom. The third-order valence-corrected chi connectivity index (χ3v) is 5.23. The zero-order valence-corrected chi connectivity index (χ0v) is 18.5. The van der Waals surface area contributed by atoms with Gasteiger partial charge in [0.05, 0.1) is 5.69 Å². The van der Waals surface area contributed by atoms with E-state index in [0.717, 1.165) is 0 Å². The van der Waals surface area contributed by atoms with E-state index in [2.05, 4.69) is 16.2 Å². The summed E-state index contributed by atoms with van der Waals surface area (Å²) >= 11 is 0. The number of aromatic nitrogens is 3. The van der Waals surface area contributed by atoms with Crippen molar-refractivity contribution < 1.29 is 33.3 Å². The zero-order chi connectivity index (χ0) is 24.2. The molecule has 1 aliphatic heterocycles. The molecule has 33 heavy (non-hydrogen) atoms. The van der Waals surface area contributed by atoms with Crippen LogP contribution in [0.15, 0.2) is 18.5 Å². The monoisotopic (exact) mass is 459 g/mol. The van der Waals surface area contributed by atoms with Crippen LogP contribution in [0.3, 0.4) is 0 Å². The maximum Gasteiger partial charge on any atom is 0.306 e. The van der Waals surface area contributed by atoms with Crippen LogP contribution in [0.4, 0.5) is 5.82 Å². The molecule has 2 aromatic rings. The van der Waals surface area contributed by atoms with Crippen LogP contribution < -0.4 is 5.73 Å². The van der Waals surface area contributed by atoms with E-state index in [1.165, 1.54) is 16.9 Å². The number of rotatable bonds is 8. The van der Waals surface area contributed by atoms with Gasteiger partial charge in [-0.1, -0.05) is 20.8 Å². The molecule has 0 unspecified atom stereocenters. The second-order valence-corrected chi connectivity index (χ2v) is 7.27. The molecule has 0 amide bonds. The lowest BCUT2D eigenvalue weighted by Crippen LogP contribution is -2.46. The molecule has 1 aliphatic rings. The number of nitriles is 1. The van der Waals surface area contributed by atoms with Gasteiger partial charge in [-0.15, -0.1) is 0 Å². The van der Waals surface area contributed by atoms with E-state index < -0.39 is 41.8 Å². The van der Waals surface area contributed by atoms with Crippen molar-refractivity contribution in [1.29, 1.82) is 5.26 Å². The fraction of sp³-hybridized carbons (Fsp3) is 0.524. The van der Waals surface area contributed by atoms with Crippen LogP contribution in [0, 0.1) is 11.3 Å². The van der Waals surface area contributed by atoms with Crippen LogP contribution in [0.25, 0.3) is 5.52 Å². The minimum absolute atomic E-state index is 0.00591. The number of carbonyl (C=O) groups is 3. The van der Waals surface area contributed by atoms with Crippen molar-refractivity contribution in [2.24, 2.45) is 0 Å². The minimum Gasteiger partial charge on any atom is -0.463 e. The van der Waals surface area contributed by atoms with Crippen molar-refractivity contribution in [3.05, 3.63) is 24.2 Å². The Hall–Kier alpha value is -3.72. The van der Waals surface area contributed by atoms with Crippen LogP contribution in [0.1, 0.15) is 45.7 Å². The highest BCUT2D eigenvalue weighted by molar-refractivity contribution is 5.71. The van der Waals surface area contributed by atoms with Crippen LogP contribution in [-0.4, -0.2) is 57.4 Å². The lowest BCUT2D eigenvalue weighted by Gasteiger charge is -2.28.